The largest absolute Gasteiger partial charge is 0.444 e. The minimum atomic E-state index is -0.419. The molecule has 3 unspecified atom stereocenters. The molecule has 1 saturated carbocycles. The molecular formula is C12H22N2O2. The van der Waals surface area contributed by atoms with Crippen molar-refractivity contribution < 1.29 is 9.53 Å². The van der Waals surface area contributed by atoms with Gasteiger partial charge in [-0.15, -0.1) is 0 Å². The molecule has 0 spiro atoms. The Bertz CT molecular complexity index is 285. The van der Waals surface area contributed by atoms with E-state index in [0.717, 1.165) is 19.4 Å². The number of amides is 1. The number of carbonyl (C=O) groups excluding carboxylic acids is 1. The minimum Gasteiger partial charge on any atom is -0.444 e. The van der Waals surface area contributed by atoms with Gasteiger partial charge in [0.2, 0.25) is 0 Å². The van der Waals surface area contributed by atoms with Crippen LogP contribution in [0.3, 0.4) is 0 Å². The van der Waals surface area contributed by atoms with Crippen LogP contribution in [0.4, 0.5) is 4.79 Å². The van der Waals surface area contributed by atoms with Crippen LogP contribution in [0.25, 0.3) is 0 Å². The van der Waals surface area contributed by atoms with Crippen molar-refractivity contribution in [2.24, 2.45) is 11.7 Å². The third kappa shape index (κ3) is 2.32. The lowest BCUT2D eigenvalue weighted by atomic mass is 10.2. The van der Waals surface area contributed by atoms with E-state index in [1.807, 2.05) is 25.7 Å². The monoisotopic (exact) mass is 226 g/mol. The summed E-state index contributed by atoms with van der Waals surface area (Å²) in [6, 6.07) is 0.408. The number of nitrogens with two attached hydrogens (primary N) is 1. The van der Waals surface area contributed by atoms with E-state index >= 15 is 0 Å². The van der Waals surface area contributed by atoms with Gasteiger partial charge in [-0.2, -0.15) is 0 Å². The van der Waals surface area contributed by atoms with Crippen LogP contribution in [-0.4, -0.2) is 35.2 Å². The van der Waals surface area contributed by atoms with Gasteiger partial charge in [0.05, 0.1) is 6.04 Å². The number of fused-ring (bicyclic) bond motifs is 1. The van der Waals surface area contributed by atoms with Crippen LogP contribution in [0.2, 0.25) is 0 Å². The number of likely N-dealkylation sites (tertiary alicyclic amines) is 1. The molecule has 1 amide bonds. The number of rotatable bonds is 0. The highest BCUT2D eigenvalue weighted by Gasteiger charge is 2.53. The first kappa shape index (κ1) is 11.7. The van der Waals surface area contributed by atoms with Crippen molar-refractivity contribution in [1.82, 2.24) is 4.90 Å². The molecular weight excluding hydrogens is 204 g/mol. The Morgan fingerprint density at radius 2 is 2.06 bits per heavy atom. The lowest BCUT2D eigenvalue weighted by Gasteiger charge is -2.27. The summed E-state index contributed by atoms with van der Waals surface area (Å²) >= 11 is 0. The second-order valence-electron chi connectivity index (χ2n) is 5.90. The fraction of sp³-hybridized carbons (Fsp3) is 0.917. The number of ether oxygens (including phenoxy) is 1. The number of nitrogens with zero attached hydrogens (tertiary/aromatic N) is 1. The van der Waals surface area contributed by atoms with E-state index in [9.17, 15) is 4.79 Å². The number of carbonyl (C=O) groups is 1. The maximum absolute atomic E-state index is 12.0. The molecule has 1 saturated heterocycles. The van der Waals surface area contributed by atoms with Crippen LogP contribution >= 0.6 is 0 Å². The predicted octanol–water partition coefficient (Wildman–Crippen LogP) is 1.73. The van der Waals surface area contributed by atoms with E-state index < -0.39 is 5.60 Å². The Kier molecular flexibility index (Phi) is 2.86. The summed E-state index contributed by atoms with van der Waals surface area (Å²) in [6.07, 6.45) is 3.20. The lowest BCUT2D eigenvalue weighted by Crippen LogP contribution is -2.40. The van der Waals surface area contributed by atoms with Crippen LogP contribution in [0, 0.1) is 5.92 Å². The van der Waals surface area contributed by atoms with Crippen molar-refractivity contribution in [3.05, 3.63) is 0 Å². The van der Waals surface area contributed by atoms with Gasteiger partial charge in [0.25, 0.3) is 0 Å². The first-order valence-electron chi connectivity index (χ1n) is 6.15. The molecule has 2 aliphatic rings. The van der Waals surface area contributed by atoms with Crippen LogP contribution in [0.1, 0.15) is 40.0 Å². The third-order valence-electron chi connectivity index (χ3n) is 3.36. The average Bonchev–Trinajstić information content (AvgIpc) is 2.79. The van der Waals surface area contributed by atoms with E-state index in [0.29, 0.717) is 5.92 Å². The first-order chi connectivity index (χ1) is 7.40. The molecule has 0 aromatic rings. The molecule has 92 valence electrons. The Morgan fingerprint density at radius 1 is 1.38 bits per heavy atom. The Balaban J connectivity index is 1.99. The Labute approximate surface area is 97.1 Å². The molecule has 1 heterocycles. The second kappa shape index (κ2) is 3.91. The van der Waals surface area contributed by atoms with Gasteiger partial charge < -0.3 is 15.4 Å². The van der Waals surface area contributed by atoms with Crippen molar-refractivity contribution in [2.75, 3.05) is 6.54 Å². The summed E-state index contributed by atoms with van der Waals surface area (Å²) in [5.41, 5.74) is 5.56. The van der Waals surface area contributed by atoms with Crippen LogP contribution < -0.4 is 5.73 Å². The van der Waals surface area contributed by atoms with E-state index in [-0.39, 0.29) is 18.2 Å². The zero-order chi connectivity index (χ0) is 11.9. The fourth-order valence-corrected chi connectivity index (χ4v) is 2.53. The van der Waals surface area contributed by atoms with Crippen molar-refractivity contribution >= 4 is 6.09 Å². The van der Waals surface area contributed by atoms with Gasteiger partial charge in [0, 0.05) is 12.6 Å². The van der Waals surface area contributed by atoms with E-state index in [4.69, 9.17) is 10.5 Å². The highest BCUT2D eigenvalue weighted by molar-refractivity contribution is 5.69. The molecule has 0 aromatic carbocycles. The highest BCUT2D eigenvalue weighted by atomic mass is 16.6. The van der Waals surface area contributed by atoms with E-state index in [2.05, 4.69) is 0 Å². The molecule has 0 radical (unpaired) electrons. The lowest BCUT2D eigenvalue weighted by molar-refractivity contribution is 0.0228. The number of hydrogen-bond donors (Lipinski definition) is 1. The minimum absolute atomic E-state index is 0.174. The maximum atomic E-state index is 12.0. The normalized spacial score (nSPS) is 34.0. The standard InChI is InChI=1S/C12H22N2O2/c1-12(2,3)16-11(15)14-7-5-4-6-8-9(13)10(8)14/h8-10H,4-7,13H2,1-3H3. The molecule has 4 heteroatoms. The van der Waals surface area contributed by atoms with Gasteiger partial charge in [-0.3, -0.25) is 0 Å². The van der Waals surface area contributed by atoms with Crippen LogP contribution in [0.5, 0.6) is 0 Å². The molecule has 4 nitrogen and oxygen atoms in total. The molecule has 2 rings (SSSR count). The molecule has 1 aliphatic heterocycles. The summed E-state index contributed by atoms with van der Waals surface area (Å²) in [7, 11) is 0. The summed E-state index contributed by atoms with van der Waals surface area (Å²) < 4.78 is 5.41. The van der Waals surface area contributed by atoms with Crippen LogP contribution in [0.15, 0.2) is 0 Å². The molecule has 3 atom stereocenters. The van der Waals surface area contributed by atoms with E-state index in [1.165, 1.54) is 6.42 Å². The summed E-state index contributed by atoms with van der Waals surface area (Å²) in [4.78, 5) is 13.8. The van der Waals surface area contributed by atoms with Crippen molar-refractivity contribution in [1.29, 1.82) is 0 Å². The van der Waals surface area contributed by atoms with Gasteiger partial charge >= 0.3 is 6.09 Å². The van der Waals surface area contributed by atoms with Crippen molar-refractivity contribution in [3.8, 4) is 0 Å². The number of hydrogen-bond acceptors (Lipinski definition) is 3. The molecule has 1 aliphatic carbocycles. The van der Waals surface area contributed by atoms with Gasteiger partial charge in [0.1, 0.15) is 5.60 Å². The quantitative estimate of drug-likeness (QED) is 0.684. The Hall–Kier alpha value is -0.770. The molecule has 0 aromatic heterocycles. The van der Waals surface area contributed by atoms with Gasteiger partial charge in [-0.05, 0) is 39.5 Å². The highest BCUT2D eigenvalue weighted by Crippen LogP contribution is 2.41. The predicted molar refractivity (Wildman–Crippen MR) is 62.0 cm³/mol. The maximum Gasteiger partial charge on any atom is 0.410 e. The zero-order valence-electron chi connectivity index (χ0n) is 10.4. The fourth-order valence-electron chi connectivity index (χ4n) is 2.53. The average molecular weight is 226 g/mol. The third-order valence-corrected chi connectivity index (χ3v) is 3.36. The van der Waals surface area contributed by atoms with Gasteiger partial charge in [0.15, 0.2) is 0 Å². The topological polar surface area (TPSA) is 55.6 Å². The smallest absolute Gasteiger partial charge is 0.410 e. The van der Waals surface area contributed by atoms with Crippen molar-refractivity contribution in [3.63, 3.8) is 0 Å². The van der Waals surface area contributed by atoms with Gasteiger partial charge in [-0.1, -0.05) is 6.42 Å². The van der Waals surface area contributed by atoms with E-state index in [1.54, 1.807) is 0 Å². The summed E-state index contributed by atoms with van der Waals surface area (Å²) in [5, 5.41) is 0. The SMILES string of the molecule is CC(C)(C)OC(=O)N1CCCCC2C(N)C21. The molecule has 16 heavy (non-hydrogen) atoms. The van der Waals surface area contributed by atoms with Crippen LogP contribution in [-0.2, 0) is 4.74 Å². The second-order valence-corrected chi connectivity index (χ2v) is 5.90. The first-order valence-corrected chi connectivity index (χ1v) is 6.15. The molecule has 2 N–H and O–H groups in total. The summed E-state index contributed by atoms with van der Waals surface area (Å²) in [6.45, 7) is 6.48. The van der Waals surface area contributed by atoms with Crippen molar-refractivity contribution in [2.45, 2.75) is 57.7 Å². The summed E-state index contributed by atoms with van der Waals surface area (Å²) in [5.74, 6) is 0.509. The molecule has 2 fully saturated rings. The van der Waals surface area contributed by atoms with Gasteiger partial charge in [-0.25, -0.2) is 4.79 Å². The Morgan fingerprint density at radius 3 is 2.69 bits per heavy atom. The zero-order valence-corrected chi connectivity index (χ0v) is 10.4. The molecule has 0 bridgehead atoms.